The van der Waals surface area contributed by atoms with E-state index in [9.17, 15) is 10.2 Å². The zero-order valence-electron chi connectivity index (χ0n) is 8.20. The fourth-order valence-corrected chi connectivity index (χ4v) is 1.44. The Labute approximate surface area is 83.5 Å². The highest BCUT2D eigenvalue weighted by atomic mass is 16.3. The van der Waals surface area contributed by atoms with Gasteiger partial charge in [-0.2, -0.15) is 0 Å². The first-order chi connectivity index (χ1) is 6.56. The van der Waals surface area contributed by atoms with Crippen LogP contribution in [0.2, 0.25) is 0 Å². The van der Waals surface area contributed by atoms with Crippen molar-refractivity contribution in [3.05, 3.63) is 35.9 Å². The van der Waals surface area contributed by atoms with Gasteiger partial charge in [0.1, 0.15) is 11.5 Å². The van der Waals surface area contributed by atoms with Crippen molar-refractivity contribution >= 4 is 0 Å². The zero-order valence-corrected chi connectivity index (χ0v) is 8.20. The second kappa shape index (κ2) is 4.15. The van der Waals surface area contributed by atoms with Gasteiger partial charge in [-0.25, -0.2) is 0 Å². The third-order valence-corrected chi connectivity index (χ3v) is 2.07. The maximum atomic E-state index is 9.59. The summed E-state index contributed by atoms with van der Waals surface area (Å²) < 4.78 is 0. The maximum absolute atomic E-state index is 9.59. The molecule has 0 heterocycles. The first kappa shape index (κ1) is 10.6. The van der Waals surface area contributed by atoms with Gasteiger partial charge in [-0.05, 0) is 31.0 Å². The Balaban J connectivity index is 3.13. The molecule has 0 aliphatic rings. The summed E-state index contributed by atoms with van der Waals surface area (Å²) in [5.41, 5.74) is 6.95. The number of phenols is 2. The highest BCUT2D eigenvalue weighted by Crippen LogP contribution is 2.34. The molecule has 76 valence electrons. The smallest absolute Gasteiger partial charge is 0.124 e. The summed E-state index contributed by atoms with van der Waals surface area (Å²) in [7, 11) is 0. The summed E-state index contributed by atoms with van der Waals surface area (Å²) in [6, 6.07) is 2.75. The lowest BCUT2D eigenvalue weighted by atomic mass is 10.0. The van der Waals surface area contributed by atoms with Gasteiger partial charge in [0.05, 0.1) is 5.56 Å². The van der Waals surface area contributed by atoms with Crippen molar-refractivity contribution in [2.24, 2.45) is 5.73 Å². The summed E-state index contributed by atoms with van der Waals surface area (Å²) in [5.74, 6) is 0.0775. The molecule has 0 spiro atoms. The molecule has 0 amide bonds. The van der Waals surface area contributed by atoms with Gasteiger partial charge in [0.25, 0.3) is 0 Å². The van der Waals surface area contributed by atoms with Crippen LogP contribution in [0.3, 0.4) is 0 Å². The van der Waals surface area contributed by atoms with E-state index in [1.807, 2.05) is 0 Å². The van der Waals surface area contributed by atoms with Crippen LogP contribution in [0.5, 0.6) is 11.5 Å². The van der Waals surface area contributed by atoms with Crippen molar-refractivity contribution < 1.29 is 10.2 Å². The zero-order chi connectivity index (χ0) is 10.7. The molecule has 0 aliphatic carbocycles. The van der Waals surface area contributed by atoms with Crippen LogP contribution in [-0.4, -0.2) is 10.2 Å². The number of rotatable bonds is 3. The number of hydrogen-bond donors (Lipinski definition) is 3. The van der Waals surface area contributed by atoms with Crippen molar-refractivity contribution in [2.45, 2.75) is 19.4 Å². The number of hydrogen-bond acceptors (Lipinski definition) is 3. The highest BCUT2D eigenvalue weighted by Gasteiger charge is 2.14. The van der Waals surface area contributed by atoms with Crippen molar-refractivity contribution in [2.75, 3.05) is 0 Å². The molecule has 0 aromatic heterocycles. The number of nitrogens with two attached hydrogens (primary N) is 1. The Morgan fingerprint density at radius 2 is 1.93 bits per heavy atom. The minimum atomic E-state index is -0.409. The molecule has 0 aliphatic heterocycles. The summed E-state index contributed by atoms with van der Waals surface area (Å²) in [6.07, 6.45) is 2.17. The maximum Gasteiger partial charge on any atom is 0.124 e. The molecule has 0 fully saturated rings. The summed E-state index contributed by atoms with van der Waals surface area (Å²) in [5, 5.41) is 19.2. The largest absolute Gasteiger partial charge is 0.507 e. The van der Waals surface area contributed by atoms with Gasteiger partial charge in [0, 0.05) is 6.04 Å². The lowest BCUT2D eigenvalue weighted by molar-refractivity contribution is 0.428. The van der Waals surface area contributed by atoms with Gasteiger partial charge in [0.2, 0.25) is 0 Å². The van der Waals surface area contributed by atoms with Crippen LogP contribution in [0, 0.1) is 6.92 Å². The highest BCUT2D eigenvalue weighted by molar-refractivity contribution is 5.48. The quantitative estimate of drug-likeness (QED) is 0.643. The van der Waals surface area contributed by atoms with Crippen molar-refractivity contribution in [1.29, 1.82) is 0 Å². The van der Waals surface area contributed by atoms with Crippen molar-refractivity contribution in [1.82, 2.24) is 0 Å². The molecule has 1 aromatic carbocycles. The molecule has 1 rings (SSSR count). The molecule has 0 bridgehead atoms. The Morgan fingerprint density at radius 1 is 1.43 bits per heavy atom. The van der Waals surface area contributed by atoms with E-state index in [0.717, 1.165) is 5.56 Å². The Kier molecular flexibility index (Phi) is 3.14. The molecule has 3 heteroatoms. The second-order valence-electron chi connectivity index (χ2n) is 3.35. The van der Waals surface area contributed by atoms with E-state index in [1.165, 1.54) is 0 Å². The first-order valence-corrected chi connectivity index (χ1v) is 4.45. The van der Waals surface area contributed by atoms with Gasteiger partial charge in [-0.15, -0.1) is 6.58 Å². The predicted molar refractivity (Wildman–Crippen MR) is 56.3 cm³/mol. The third kappa shape index (κ3) is 2.06. The molecule has 0 saturated carbocycles. The van der Waals surface area contributed by atoms with E-state index >= 15 is 0 Å². The molecule has 14 heavy (non-hydrogen) atoms. The topological polar surface area (TPSA) is 66.5 Å². The molecular formula is C11H15NO2. The molecular weight excluding hydrogens is 178 g/mol. The fourth-order valence-electron chi connectivity index (χ4n) is 1.44. The van der Waals surface area contributed by atoms with Gasteiger partial charge in [-0.3, -0.25) is 0 Å². The molecule has 0 unspecified atom stereocenters. The van der Waals surface area contributed by atoms with Crippen LogP contribution in [-0.2, 0) is 0 Å². The molecule has 1 aromatic rings. The van der Waals surface area contributed by atoms with Crippen LogP contribution in [0.4, 0.5) is 0 Å². The molecule has 4 N–H and O–H groups in total. The number of aryl methyl sites for hydroxylation is 1. The van der Waals surface area contributed by atoms with E-state index in [4.69, 9.17) is 5.73 Å². The lowest BCUT2D eigenvalue weighted by Gasteiger charge is -2.14. The lowest BCUT2D eigenvalue weighted by Crippen LogP contribution is -2.09. The minimum absolute atomic E-state index is 0.0388. The monoisotopic (exact) mass is 193 g/mol. The Bertz CT molecular complexity index is 324. The SMILES string of the molecule is C=CC[C@@H](N)c1c(O)cc(C)cc1O. The average Bonchev–Trinajstić information content (AvgIpc) is 2.01. The summed E-state index contributed by atoms with van der Waals surface area (Å²) in [6.45, 7) is 5.35. The number of aromatic hydroxyl groups is 2. The third-order valence-electron chi connectivity index (χ3n) is 2.07. The van der Waals surface area contributed by atoms with Crippen LogP contribution in [0.15, 0.2) is 24.8 Å². The fraction of sp³-hybridized carbons (Fsp3) is 0.273. The van der Waals surface area contributed by atoms with Crippen LogP contribution >= 0.6 is 0 Å². The van der Waals surface area contributed by atoms with Gasteiger partial charge in [0.15, 0.2) is 0 Å². The van der Waals surface area contributed by atoms with Crippen LogP contribution in [0.25, 0.3) is 0 Å². The number of phenolic OH excluding ortho intramolecular Hbond substituents is 2. The van der Waals surface area contributed by atoms with E-state index in [1.54, 1.807) is 25.1 Å². The summed E-state index contributed by atoms with van der Waals surface area (Å²) in [4.78, 5) is 0. The molecule has 3 nitrogen and oxygen atoms in total. The van der Waals surface area contributed by atoms with E-state index in [0.29, 0.717) is 12.0 Å². The van der Waals surface area contributed by atoms with Crippen LogP contribution in [0.1, 0.15) is 23.6 Å². The summed E-state index contributed by atoms with van der Waals surface area (Å²) >= 11 is 0. The molecule has 0 radical (unpaired) electrons. The molecule has 0 saturated heterocycles. The Hall–Kier alpha value is -1.48. The second-order valence-corrected chi connectivity index (χ2v) is 3.35. The predicted octanol–water partition coefficient (Wildman–Crippen LogP) is 1.98. The van der Waals surface area contributed by atoms with Gasteiger partial charge < -0.3 is 15.9 Å². The minimum Gasteiger partial charge on any atom is -0.507 e. The Morgan fingerprint density at radius 3 is 2.36 bits per heavy atom. The van der Waals surface area contributed by atoms with E-state index in [-0.39, 0.29) is 11.5 Å². The van der Waals surface area contributed by atoms with Gasteiger partial charge >= 0.3 is 0 Å². The average molecular weight is 193 g/mol. The van der Waals surface area contributed by atoms with Crippen molar-refractivity contribution in [3.8, 4) is 11.5 Å². The first-order valence-electron chi connectivity index (χ1n) is 4.45. The van der Waals surface area contributed by atoms with Crippen LogP contribution < -0.4 is 5.73 Å². The van der Waals surface area contributed by atoms with Gasteiger partial charge in [-0.1, -0.05) is 6.08 Å². The standard InChI is InChI=1S/C11H15NO2/c1-3-4-8(12)11-9(13)5-7(2)6-10(11)14/h3,5-6,8,13-14H,1,4,12H2,2H3/t8-/m1/s1. The molecule has 1 atom stereocenters. The number of benzene rings is 1. The van der Waals surface area contributed by atoms with E-state index in [2.05, 4.69) is 6.58 Å². The van der Waals surface area contributed by atoms with E-state index < -0.39 is 6.04 Å². The van der Waals surface area contributed by atoms with Crippen molar-refractivity contribution in [3.63, 3.8) is 0 Å². The normalized spacial score (nSPS) is 12.4.